The maximum absolute atomic E-state index is 11.3. The fraction of sp³-hybridized carbons (Fsp3) is 0.867. The van der Waals surface area contributed by atoms with Crippen molar-refractivity contribution in [2.45, 2.75) is 39.0 Å². The van der Waals surface area contributed by atoms with E-state index in [2.05, 4.69) is 6.92 Å². The van der Waals surface area contributed by atoms with Crippen LogP contribution in [-0.2, 0) is 28.5 Å². The van der Waals surface area contributed by atoms with Gasteiger partial charge in [0.25, 0.3) is 0 Å². The zero-order chi connectivity index (χ0) is 16.5. The van der Waals surface area contributed by atoms with Gasteiger partial charge in [-0.25, -0.2) is 0 Å². The van der Waals surface area contributed by atoms with E-state index in [4.69, 9.17) is 24.1 Å². The van der Waals surface area contributed by atoms with Crippen molar-refractivity contribution in [2.75, 3.05) is 46.2 Å². The number of hydrogen-bond acceptors (Lipinski definition) is 6. The molecular weight excluding hydrogens is 292 g/mol. The maximum atomic E-state index is 11.3. The maximum Gasteiger partial charge on any atom is 0.305 e. The van der Waals surface area contributed by atoms with Gasteiger partial charge in [0.1, 0.15) is 6.61 Å². The number of carbonyl (C=O) groups excluding carboxylic acids is 1. The number of esters is 1. The van der Waals surface area contributed by atoms with Gasteiger partial charge in [0.15, 0.2) is 0 Å². The topological polar surface area (TPSA) is 91.3 Å². The van der Waals surface area contributed by atoms with Crippen LogP contribution in [0.15, 0.2) is 0 Å². The predicted octanol–water partition coefficient (Wildman–Crippen LogP) is 1.63. The first-order valence-corrected chi connectivity index (χ1v) is 7.77. The molecule has 22 heavy (non-hydrogen) atoms. The van der Waals surface area contributed by atoms with Crippen LogP contribution in [0.5, 0.6) is 0 Å². The van der Waals surface area contributed by atoms with Gasteiger partial charge in [0, 0.05) is 6.42 Å². The van der Waals surface area contributed by atoms with Crippen LogP contribution < -0.4 is 0 Å². The van der Waals surface area contributed by atoms with Gasteiger partial charge >= 0.3 is 11.9 Å². The van der Waals surface area contributed by atoms with Crippen LogP contribution >= 0.6 is 0 Å². The SMILES string of the molecule is CCCCCC(=O)OCCOCCOCCOCCC(=O)O. The van der Waals surface area contributed by atoms with Crippen LogP contribution in [-0.4, -0.2) is 63.3 Å². The Hall–Kier alpha value is -1.18. The normalized spacial score (nSPS) is 10.6. The highest BCUT2D eigenvalue weighted by Gasteiger charge is 2.01. The number of carboxylic acid groups (broad SMARTS) is 1. The van der Waals surface area contributed by atoms with Gasteiger partial charge in [-0.3, -0.25) is 9.59 Å². The molecule has 0 aromatic heterocycles. The summed E-state index contributed by atoms with van der Waals surface area (Å²) in [6.45, 7) is 4.51. The largest absolute Gasteiger partial charge is 0.481 e. The van der Waals surface area contributed by atoms with E-state index >= 15 is 0 Å². The molecule has 0 amide bonds. The van der Waals surface area contributed by atoms with Crippen molar-refractivity contribution in [3.8, 4) is 0 Å². The van der Waals surface area contributed by atoms with Crippen LogP contribution in [0, 0.1) is 0 Å². The molecule has 0 atom stereocenters. The highest BCUT2D eigenvalue weighted by molar-refractivity contribution is 5.69. The Morgan fingerprint density at radius 2 is 1.32 bits per heavy atom. The molecule has 0 saturated heterocycles. The quantitative estimate of drug-likeness (QED) is 0.341. The van der Waals surface area contributed by atoms with E-state index in [1.807, 2.05) is 0 Å². The Labute approximate surface area is 131 Å². The van der Waals surface area contributed by atoms with Crippen molar-refractivity contribution in [3.63, 3.8) is 0 Å². The fourth-order valence-corrected chi connectivity index (χ4v) is 1.51. The molecule has 0 aromatic carbocycles. The summed E-state index contributed by atoms with van der Waals surface area (Å²) < 4.78 is 20.5. The van der Waals surface area contributed by atoms with Crippen molar-refractivity contribution >= 4 is 11.9 Å². The van der Waals surface area contributed by atoms with Crippen LogP contribution in [0.25, 0.3) is 0 Å². The Bertz CT molecular complexity index is 281. The number of unbranched alkanes of at least 4 members (excludes halogenated alkanes) is 2. The molecule has 7 nitrogen and oxygen atoms in total. The molecule has 0 fully saturated rings. The van der Waals surface area contributed by atoms with Crippen LogP contribution in [0.3, 0.4) is 0 Å². The molecule has 0 saturated carbocycles. The summed E-state index contributed by atoms with van der Waals surface area (Å²) in [7, 11) is 0. The highest BCUT2D eigenvalue weighted by Crippen LogP contribution is 2.00. The second-order valence-corrected chi connectivity index (χ2v) is 4.66. The molecule has 0 heterocycles. The number of rotatable bonds is 16. The van der Waals surface area contributed by atoms with E-state index in [0.717, 1.165) is 19.3 Å². The minimum atomic E-state index is -0.875. The summed E-state index contributed by atoms with van der Waals surface area (Å²) in [5, 5.41) is 8.39. The molecule has 0 aliphatic rings. The molecule has 130 valence electrons. The molecule has 7 heteroatoms. The Morgan fingerprint density at radius 1 is 0.773 bits per heavy atom. The van der Waals surface area contributed by atoms with Crippen molar-refractivity contribution < 1.29 is 33.6 Å². The third-order valence-corrected chi connectivity index (χ3v) is 2.68. The Balaban J connectivity index is 3.11. The first kappa shape index (κ1) is 20.8. The standard InChI is InChI=1S/C15H28O7/c1-2-3-4-5-15(18)22-13-12-21-11-10-20-9-8-19-7-6-14(16)17/h2-13H2,1H3,(H,16,17). The van der Waals surface area contributed by atoms with E-state index in [1.54, 1.807) is 0 Å². The molecule has 0 rings (SSSR count). The first-order valence-electron chi connectivity index (χ1n) is 7.77. The molecular formula is C15H28O7. The summed E-state index contributed by atoms with van der Waals surface area (Å²) >= 11 is 0. The number of hydrogen-bond donors (Lipinski definition) is 1. The summed E-state index contributed by atoms with van der Waals surface area (Å²) in [5.74, 6) is -1.05. The molecule has 0 aromatic rings. The Kier molecular flexibility index (Phi) is 15.3. The van der Waals surface area contributed by atoms with Crippen molar-refractivity contribution in [2.24, 2.45) is 0 Å². The number of aliphatic carboxylic acids is 1. The van der Waals surface area contributed by atoms with Crippen LogP contribution in [0.4, 0.5) is 0 Å². The van der Waals surface area contributed by atoms with Gasteiger partial charge in [-0.1, -0.05) is 19.8 Å². The average molecular weight is 320 g/mol. The zero-order valence-electron chi connectivity index (χ0n) is 13.4. The summed E-state index contributed by atoms with van der Waals surface area (Å²) in [6, 6.07) is 0. The monoisotopic (exact) mass is 320 g/mol. The molecule has 0 bridgehead atoms. The summed E-state index contributed by atoms with van der Waals surface area (Å²) in [6.07, 6.45) is 3.47. The molecule has 0 aliphatic carbocycles. The van der Waals surface area contributed by atoms with Crippen molar-refractivity contribution in [3.05, 3.63) is 0 Å². The van der Waals surface area contributed by atoms with Crippen LogP contribution in [0.2, 0.25) is 0 Å². The summed E-state index contributed by atoms with van der Waals surface area (Å²) in [5.41, 5.74) is 0. The van der Waals surface area contributed by atoms with E-state index < -0.39 is 5.97 Å². The number of carbonyl (C=O) groups is 2. The van der Waals surface area contributed by atoms with Gasteiger partial charge in [-0.05, 0) is 6.42 Å². The van der Waals surface area contributed by atoms with Gasteiger partial charge in [-0.15, -0.1) is 0 Å². The van der Waals surface area contributed by atoms with E-state index in [1.165, 1.54) is 0 Å². The minimum Gasteiger partial charge on any atom is -0.481 e. The third kappa shape index (κ3) is 16.9. The second-order valence-electron chi connectivity index (χ2n) is 4.66. The number of ether oxygens (including phenoxy) is 4. The molecule has 0 radical (unpaired) electrons. The number of carboxylic acids is 1. The molecule has 0 aliphatic heterocycles. The fourth-order valence-electron chi connectivity index (χ4n) is 1.51. The second kappa shape index (κ2) is 16.2. The molecule has 1 N–H and O–H groups in total. The lowest BCUT2D eigenvalue weighted by Gasteiger charge is -2.07. The van der Waals surface area contributed by atoms with Gasteiger partial charge in [0.05, 0.1) is 46.1 Å². The van der Waals surface area contributed by atoms with Gasteiger partial charge < -0.3 is 24.1 Å². The van der Waals surface area contributed by atoms with E-state index in [9.17, 15) is 9.59 Å². The lowest BCUT2D eigenvalue weighted by atomic mass is 10.2. The first-order chi connectivity index (χ1) is 10.7. The predicted molar refractivity (Wildman–Crippen MR) is 79.8 cm³/mol. The lowest BCUT2D eigenvalue weighted by molar-refractivity contribution is -0.145. The van der Waals surface area contributed by atoms with Crippen LogP contribution in [0.1, 0.15) is 39.0 Å². The van der Waals surface area contributed by atoms with Crippen molar-refractivity contribution in [1.29, 1.82) is 0 Å². The molecule has 0 spiro atoms. The minimum absolute atomic E-state index is 0.000274. The van der Waals surface area contributed by atoms with Gasteiger partial charge in [0.2, 0.25) is 0 Å². The summed E-state index contributed by atoms with van der Waals surface area (Å²) in [4.78, 5) is 21.5. The van der Waals surface area contributed by atoms with E-state index in [0.29, 0.717) is 39.5 Å². The average Bonchev–Trinajstić information content (AvgIpc) is 2.48. The highest BCUT2D eigenvalue weighted by atomic mass is 16.6. The smallest absolute Gasteiger partial charge is 0.305 e. The Morgan fingerprint density at radius 3 is 1.86 bits per heavy atom. The molecule has 0 unspecified atom stereocenters. The third-order valence-electron chi connectivity index (χ3n) is 2.68. The lowest BCUT2D eigenvalue weighted by Crippen LogP contribution is -2.14. The zero-order valence-corrected chi connectivity index (χ0v) is 13.4. The van der Waals surface area contributed by atoms with E-state index in [-0.39, 0.29) is 25.6 Å². The van der Waals surface area contributed by atoms with Gasteiger partial charge in [-0.2, -0.15) is 0 Å². The van der Waals surface area contributed by atoms with Crippen molar-refractivity contribution in [1.82, 2.24) is 0 Å².